The summed E-state index contributed by atoms with van der Waals surface area (Å²) in [7, 11) is 0. The summed E-state index contributed by atoms with van der Waals surface area (Å²) < 4.78 is 0. The van der Waals surface area contributed by atoms with Crippen molar-refractivity contribution in [1.29, 1.82) is 0 Å². The predicted octanol–water partition coefficient (Wildman–Crippen LogP) is 0.563. The van der Waals surface area contributed by atoms with Gasteiger partial charge < -0.3 is 10.6 Å². The summed E-state index contributed by atoms with van der Waals surface area (Å²) in [5.41, 5.74) is 2.70. The molecule has 1 aliphatic rings. The molecule has 0 unspecified atom stereocenters. The number of carbonyl (C=O) groups is 2. The van der Waals surface area contributed by atoms with E-state index in [0.29, 0.717) is 12.2 Å². The third kappa shape index (κ3) is 1.46. The molecule has 2 N–H and O–H groups in total. The standard InChI is InChI=1S/C10H10N2O2/c1-6-2-3-7-5-11-9(13)10(14)12-8(7)4-6/h2-4H,5H2,1H3,(H,11,13)(H,12,14). The van der Waals surface area contributed by atoms with Crippen LogP contribution in [0.4, 0.5) is 5.69 Å². The third-order valence-electron chi connectivity index (χ3n) is 2.16. The van der Waals surface area contributed by atoms with Crippen molar-refractivity contribution in [1.82, 2.24) is 5.32 Å². The van der Waals surface area contributed by atoms with Gasteiger partial charge in [-0.2, -0.15) is 0 Å². The largest absolute Gasteiger partial charge is 0.344 e. The van der Waals surface area contributed by atoms with E-state index in [1.54, 1.807) is 0 Å². The summed E-state index contributed by atoms with van der Waals surface area (Å²) in [6.45, 7) is 2.33. The SMILES string of the molecule is Cc1ccc2c(c1)NC(=O)C(=O)NC2. The lowest BCUT2D eigenvalue weighted by molar-refractivity contribution is -0.136. The average molecular weight is 190 g/mol. The zero-order valence-corrected chi connectivity index (χ0v) is 7.76. The molecule has 1 aromatic carbocycles. The van der Waals surface area contributed by atoms with Crippen LogP contribution in [-0.2, 0) is 16.1 Å². The first-order valence-electron chi connectivity index (χ1n) is 4.35. The number of aryl methyl sites for hydroxylation is 1. The van der Waals surface area contributed by atoms with Crippen molar-refractivity contribution >= 4 is 17.5 Å². The Morgan fingerprint density at radius 3 is 2.79 bits per heavy atom. The predicted molar refractivity (Wildman–Crippen MR) is 51.7 cm³/mol. The molecule has 0 bridgehead atoms. The summed E-state index contributed by atoms with van der Waals surface area (Å²) in [4.78, 5) is 22.2. The van der Waals surface area contributed by atoms with Gasteiger partial charge in [-0.15, -0.1) is 0 Å². The van der Waals surface area contributed by atoms with E-state index in [-0.39, 0.29) is 0 Å². The van der Waals surface area contributed by atoms with Crippen LogP contribution < -0.4 is 10.6 Å². The van der Waals surface area contributed by atoms with Crippen LogP contribution in [0.2, 0.25) is 0 Å². The van der Waals surface area contributed by atoms with E-state index in [4.69, 9.17) is 0 Å². The molecule has 0 radical (unpaired) electrons. The molecule has 0 aliphatic carbocycles. The van der Waals surface area contributed by atoms with Crippen LogP contribution in [0.5, 0.6) is 0 Å². The van der Waals surface area contributed by atoms with Crippen molar-refractivity contribution < 1.29 is 9.59 Å². The Hall–Kier alpha value is -1.84. The number of amides is 2. The maximum atomic E-state index is 11.2. The fourth-order valence-electron chi connectivity index (χ4n) is 1.40. The summed E-state index contributed by atoms with van der Waals surface area (Å²) in [5.74, 6) is -1.19. The number of rotatable bonds is 0. The zero-order chi connectivity index (χ0) is 10.1. The molecule has 2 amide bonds. The van der Waals surface area contributed by atoms with E-state index in [0.717, 1.165) is 11.1 Å². The first-order valence-corrected chi connectivity index (χ1v) is 4.35. The van der Waals surface area contributed by atoms with E-state index < -0.39 is 11.8 Å². The van der Waals surface area contributed by atoms with Crippen molar-refractivity contribution in [3.05, 3.63) is 29.3 Å². The average Bonchev–Trinajstić information content (AvgIpc) is 2.27. The van der Waals surface area contributed by atoms with Crippen LogP contribution in [0.25, 0.3) is 0 Å². The van der Waals surface area contributed by atoms with Gasteiger partial charge in [0.1, 0.15) is 0 Å². The highest BCUT2D eigenvalue weighted by atomic mass is 16.2. The molecule has 1 aliphatic heterocycles. The van der Waals surface area contributed by atoms with Crippen molar-refractivity contribution in [3.8, 4) is 0 Å². The Kier molecular flexibility index (Phi) is 1.96. The molecule has 2 rings (SSSR count). The molecule has 1 aromatic rings. The zero-order valence-electron chi connectivity index (χ0n) is 7.76. The van der Waals surface area contributed by atoms with E-state index in [9.17, 15) is 9.59 Å². The van der Waals surface area contributed by atoms with Crippen LogP contribution in [0, 0.1) is 6.92 Å². The quantitative estimate of drug-likeness (QED) is 0.587. The van der Waals surface area contributed by atoms with Gasteiger partial charge in [0, 0.05) is 12.2 Å². The second kappa shape index (κ2) is 3.14. The normalized spacial score (nSPS) is 15.2. The highest BCUT2D eigenvalue weighted by molar-refractivity contribution is 6.40. The van der Waals surface area contributed by atoms with Crippen LogP contribution in [0.1, 0.15) is 11.1 Å². The molecule has 72 valence electrons. The van der Waals surface area contributed by atoms with E-state index in [2.05, 4.69) is 10.6 Å². The highest BCUT2D eigenvalue weighted by Gasteiger charge is 2.19. The lowest BCUT2D eigenvalue weighted by Gasteiger charge is -2.05. The molecule has 0 saturated carbocycles. The number of carbonyl (C=O) groups excluding carboxylic acids is 2. The van der Waals surface area contributed by atoms with Gasteiger partial charge in [0.05, 0.1) is 0 Å². The van der Waals surface area contributed by atoms with E-state index in [1.807, 2.05) is 25.1 Å². The van der Waals surface area contributed by atoms with Crippen LogP contribution >= 0.6 is 0 Å². The first kappa shape index (κ1) is 8.74. The molecule has 4 heteroatoms. The number of benzene rings is 1. The molecular weight excluding hydrogens is 180 g/mol. The van der Waals surface area contributed by atoms with Crippen LogP contribution in [0.15, 0.2) is 18.2 Å². The topological polar surface area (TPSA) is 58.2 Å². The van der Waals surface area contributed by atoms with Crippen LogP contribution in [-0.4, -0.2) is 11.8 Å². The molecular formula is C10H10N2O2. The summed E-state index contributed by atoms with van der Waals surface area (Å²) in [6.07, 6.45) is 0. The molecule has 0 fully saturated rings. The minimum absolute atomic E-state index is 0.396. The van der Waals surface area contributed by atoms with Crippen molar-refractivity contribution in [2.24, 2.45) is 0 Å². The fourth-order valence-corrected chi connectivity index (χ4v) is 1.40. The number of fused-ring (bicyclic) bond motifs is 1. The highest BCUT2D eigenvalue weighted by Crippen LogP contribution is 2.18. The molecule has 0 spiro atoms. The Morgan fingerprint density at radius 2 is 2.00 bits per heavy atom. The Balaban J connectivity index is 2.43. The second-order valence-electron chi connectivity index (χ2n) is 3.30. The Morgan fingerprint density at radius 1 is 1.21 bits per heavy atom. The van der Waals surface area contributed by atoms with Gasteiger partial charge in [-0.05, 0) is 24.1 Å². The Labute approximate surface area is 81.3 Å². The van der Waals surface area contributed by atoms with Crippen molar-refractivity contribution in [3.63, 3.8) is 0 Å². The van der Waals surface area contributed by atoms with Gasteiger partial charge in [-0.3, -0.25) is 9.59 Å². The second-order valence-corrected chi connectivity index (χ2v) is 3.30. The lowest BCUT2D eigenvalue weighted by Crippen LogP contribution is -2.31. The van der Waals surface area contributed by atoms with Gasteiger partial charge in [0.15, 0.2) is 0 Å². The smallest absolute Gasteiger partial charge is 0.313 e. The van der Waals surface area contributed by atoms with Crippen molar-refractivity contribution in [2.75, 3.05) is 5.32 Å². The fraction of sp³-hybridized carbons (Fsp3) is 0.200. The van der Waals surface area contributed by atoms with Crippen molar-refractivity contribution in [2.45, 2.75) is 13.5 Å². The summed E-state index contributed by atoms with van der Waals surface area (Å²) in [6, 6.07) is 5.70. The van der Waals surface area contributed by atoms with Gasteiger partial charge in [0.2, 0.25) is 0 Å². The monoisotopic (exact) mass is 190 g/mol. The summed E-state index contributed by atoms with van der Waals surface area (Å²) in [5, 5.41) is 5.08. The molecule has 0 saturated heterocycles. The molecule has 14 heavy (non-hydrogen) atoms. The maximum Gasteiger partial charge on any atom is 0.313 e. The molecule has 1 heterocycles. The Bertz CT molecular complexity index is 413. The minimum Gasteiger partial charge on any atom is -0.344 e. The molecule has 4 nitrogen and oxygen atoms in total. The first-order chi connectivity index (χ1) is 6.66. The van der Waals surface area contributed by atoms with E-state index >= 15 is 0 Å². The van der Waals surface area contributed by atoms with Gasteiger partial charge in [-0.1, -0.05) is 12.1 Å². The number of anilines is 1. The maximum absolute atomic E-state index is 11.2. The van der Waals surface area contributed by atoms with Gasteiger partial charge in [-0.25, -0.2) is 0 Å². The lowest BCUT2D eigenvalue weighted by atomic mass is 10.1. The minimum atomic E-state index is -0.602. The number of nitrogens with one attached hydrogen (secondary N) is 2. The number of hydrogen-bond donors (Lipinski definition) is 2. The van der Waals surface area contributed by atoms with Gasteiger partial charge >= 0.3 is 11.8 Å². The number of hydrogen-bond acceptors (Lipinski definition) is 2. The van der Waals surface area contributed by atoms with Gasteiger partial charge in [0.25, 0.3) is 0 Å². The summed E-state index contributed by atoms with van der Waals surface area (Å²) >= 11 is 0. The van der Waals surface area contributed by atoms with E-state index in [1.165, 1.54) is 0 Å². The molecule has 0 aromatic heterocycles. The third-order valence-corrected chi connectivity index (χ3v) is 2.16. The van der Waals surface area contributed by atoms with Crippen LogP contribution in [0.3, 0.4) is 0 Å². The molecule has 0 atom stereocenters.